The summed E-state index contributed by atoms with van der Waals surface area (Å²) in [6.45, 7) is 2.47. The van der Waals surface area contributed by atoms with Crippen molar-refractivity contribution in [1.29, 1.82) is 0 Å². The zero-order valence-corrected chi connectivity index (χ0v) is 14.2. The number of halogens is 1. The lowest BCUT2D eigenvalue weighted by atomic mass is 10.1. The van der Waals surface area contributed by atoms with Crippen molar-refractivity contribution >= 4 is 39.1 Å². The van der Waals surface area contributed by atoms with E-state index >= 15 is 0 Å². The maximum absolute atomic E-state index is 11.9. The summed E-state index contributed by atoms with van der Waals surface area (Å²) < 4.78 is 11.7. The minimum Gasteiger partial charge on any atom is -0.493 e. The number of carbonyl (C=O) groups is 1. The van der Waals surface area contributed by atoms with Gasteiger partial charge in [0.15, 0.2) is 17.3 Å². The van der Waals surface area contributed by atoms with Crippen LogP contribution in [0.3, 0.4) is 0 Å². The molecule has 0 fully saturated rings. The summed E-state index contributed by atoms with van der Waals surface area (Å²) in [6, 6.07) is 7.41. The maximum Gasteiger partial charge on any atom is 0.195 e. The van der Waals surface area contributed by atoms with Crippen molar-refractivity contribution in [3.8, 4) is 11.5 Å². The van der Waals surface area contributed by atoms with E-state index in [1.807, 2.05) is 36.6 Å². The van der Waals surface area contributed by atoms with Gasteiger partial charge in [-0.1, -0.05) is 12.1 Å². The number of rotatable bonds is 6. The molecule has 21 heavy (non-hydrogen) atoms. The van der Waals surface area contributed by atoms with E-state index in [0.29, 0.717) is 18.1 Å². The summed E-state index contributed by atoms with van der Waals surface area (Å²) >= 11 is 4.90. The van der Waals surface area contributed by atoms with Gasteiger partial charge in [-0.3, -0.25) is 4.79 Å². The summed E-state index contributed by atoms with van der Waals surface area (Å²) in [6.07, 6.45) is 3.33. The minimum atomic E-state index is -0.00558. The largest absolute Gasteiger partial charge is 0.493 e. The Hall–Kier alpha value is -1.59. The first-order chi connectivity index (χ1) is 10.2. The predicted molar refractivity (Wildman–Crippen MR) is 89.5 cm³/mol. The van der Waals surface area contributed by atoms with Gasteiger partial charge in [0.25, 0.3) is 0 Å². The van der Waals surface area contributed by atoms with Crippen LogP contribution in [0, 0.1) is 0 Å². The molecule has 0 saturated carbocycles. The lowest BCUT2D eigenvalue weighted by Crippen LogP contribution is -1.97. The number of methoxy groups -OCH3 is 1. The normalized spacial score (nSPS) is 10.8. The fraction of sp³-hybridized carbons (Fsp3) is 0.188. The lowest BCUT2D eigenvalue weighted by molar-refractivity contribution is 0.105. The molecule has 2 aromatic rings. The van der Waals surface area contributed by atoms with E-state index in [1.54, 1.807) is 19.3 Å². The first kappa shape index (κ1) is 15.8. The third kappa shape index (κ3) is 3.95. The van der Waals surface area contributed by atoms with Gasteiger partial charge in [0.2, 0.25) is 0 Å². The first-order valence-corrected chi connectivity index (χ1v) is 8.09. The molecule has 1 heterocycles. The zero-order valence-electron chi connectivity index (χ0n) is 11.8. The molecule has 0 aliphatic carbocycles. The van der Waals surface area contributed by atoms with E-state index in [1.165, 1.54) is 11.3 Å². The Morgan fingerprint density at radius 1 is 1.43 bits per heavy atom. The van der Waals surface area contributed by atoms with Crippen LogP contribution in [0.4, 0.5) is 0 Å². The van der Waals surface area contributed by atoms with Crippen LogP contribution in [0.25, 0.3) is 6.08 Å². The summed E-state index contributed by atoms with van der Waals surface area (Å²) in [5.74, 6) is 1.30. The van der Waals surface area contributed by atoms with Crippen LogP contribution in [0.1, 0.15) is 22.2 Å². The van der Waals surface area contributed by atoms with Gasteiger partial charge < -0.3 is 9.47 Å². The maximum atomic E-state index is 11.9. The molecule has 1 aromatic carbocycles. The van der Waals surface area contributed by atoms with Crippen LogP contribution < -0.4 is 9.47 Å². The van der Waals surface area contributed by atoms with Gasteiger partial charge in [0.05, 0.1) is 23.1 Å². The first-order valence-electron chi connectivity index (χ1n) is 6.42. The van der Waals surface area contributed by atoms with Gasteiger partial charge in [-0.25, -0.2) is 0 Å². The standard InChI is InChI=1S/C16H15BrO3S/c1-3-20-16-12(17)9-11(10-14(16)19-2)6-7-13(18)15-5-4-8-21-15/h4-10H,3H2,1-2H3/b7-6+. The van der Waals surface area contributed by atoms with Crippen molar-refractivity contribution in [3.63, 3.8) is 0 Å². The van der Waals surface area contributed by atoms with Gasteiger partial charge in [-0.2, -0.15) is 0 Å². The molecule has 0 aliphatic heterocycles. The van der Waals surface area contributed by atoms with Crippen molar-refractivity contribution in [1.82, 2.24) is 0 Å². The molecule has 110 valence electrons. The topological polar surface area (TPSA) is 35.5 Å². The third-order valence-electron chi connectivity index (χ3n) is 2.73. The molecule has 0 aliphatic rings. The van der Waals surface area contributed by atoms with Gasteiger partial charge in [-0.15, -0.1) is 11.3 Å². The Kier molecular flexibility index (Phi) is 5.59. The van der Waals surface area contributed by atoms with Gasteiger partial charge in [-0.05, 0) is 58.1 Å². The number of benzene rings is 1. The molecular weight excluding hydrogens is 352 g/mol. The predicted octanol–water partition coefficient (Wildman–Crippen LogP) is 4.81. The quantitative estimate of drug-likeness (QED) is 0.543. The van der Waals surface area contributed by atoms with E-state index in [-0.39, 0.29) is 5.78 Å². The van der Waals surface area contributed by atoms with E-state index in [4.69, 9.17) is 9.47 Å². The van der Waals surface area contributed by atoms with Crippen molar-refractivity contribution in [3.05, 3.63) is 50.6 Å². The second kappa shape index (κ2) is 7.43. The molecular formula is C16H15BrO3S. The Morgan fingerprint density at radius 3 is 2.86 bits per heavy atom. The molecule has 1 aromatic heterocycles. The highest BCUT2D eigenvalue weighted by molar-refractivity contribution is 9.10. The average molecular weight is 367 g/mol. The number of ether oxygens (including phenoxy) is 2. The van der Waals surface area contributed by atoms with Crippen LogP contribution >= 0.6 is 27.3 Å². The average Bonchev–Trinajstić information content (AvgIpc) is 3.01. The fourth-order valence-electron chi connectivity index (χ4n) is 1.79. The summed E-state index contributed by atoms with van der Waals surface area (Å²) in [7, 11) is 1.59. The van der Waals surface area contributed by atoms with Gasteiger partial charge in [0.1, 0.15) is 0 Å². The van der Waals surface area contributed by atoms with Crippen LogP contribution in [-0.4, -0.2) is 19.5 Å². The monoisotopic (exact) mass is 366 g/mol. The summed E-state index contributed by atoms with van der Waals surface area (Å²) in [5, 5.41) is 1.89. The van der Waals surface area contributed by atoms with Gasteiger partial charge >= 0.3 is 0 Å². The smallest absolute Gasteiger partial charge is 0.195 e. The van der Waals surface area contributed by atoms with Crippen LogP contribution in [0.5, 0.6) is 11.5 Å². The number of carbonyl (C=O) groups excluding carboxylic acids is 1. The Labute approximate surface area is 136 Å². The number of allylic oxidation sites excluding steroid dienone is 1. The minimum absolute atomic E-state index is 0.00558. The number of ketones is 1. The van der Waals surface area contributed by atoms with E-state index in [9.17, 15) is 4.79 Å². The SMILES string of the molecule is CCOc1c(Br)cc(/C=C/C(=O)c2cccs2)cc1OC. The van der Waals surface area contributed by atoms with E-state index in [0.717, 1.165) is 14.9 Å². The van der Waals surface area contributed by atoms with Gasteiger partial charge in [0, 0.05) is 0 Å². The second-order valence-electron chi connectivity index (χ2n) is 4.14. The van der Waals surface area contributed by atoms with Crippen molar-refractivity contribution in [2.75, 3.05) is 13.7 Å². The molecule has 5 heteroatoms. The second-order valence-corrected chi connectivity index (χ2v) is 5.94. The Bertz CT molecular complexity index is 648. The Balaban J connectivity index is 2.24. The lowest BCUT2D eigenvalue weighted by Gasteiger charge is -2.12. The number of hydrogen-bond acceptors (Lipinski definition) is 4. The highest BCUT2D eigenvalue weighted by Crippen LogP contribution is 2.37. The molecule has 0 N–H and O–H groups in total. The summed E-state index contributed by atoms with van der Waals surface area (Å²) in [4.78, 5) is 12.7. The summed E-state index contributed by atoms with van der Waals surface area (Å²) in [5.41, 5.74) is 0.868. The van der Waals surface area contributed by atoms with Crippen molar-refractivity contribution in [2.45, 2.75) is 6.92 Å². The van der Waals surface area contributed by atoms with Crippen molar-refractivity contribution in [2.24, 2.45) is 0 Å². The molecule has 3 nitrogen and oxygen atoms in total. The molecule has 0 unspecified atom stereocenters. The highest BCUT2D eigenvalue weighted by atomic mass is 79.9. The van der Waals surface area contributed by atoms with Crippen molar-refractivity contribution < 1.29 is 14.3 Å². The molecule has 0 amide bonds. The number of hydrogen-bond donors (Lipinski definition) is 0. The molecule has 0 saturated heterocycles. The molecule has 0 radical (unpaired) electrons. The molecule has 2 rings (SSSR count). The van der Waals surface area contributed by atoms with E-state index in [2.05, 4.69) is 15.9 Å². The van der Waals surface area contributed by atoms with E-state index < -0.39 is 0 Å². The molecule has 0 spiro atoms. The molecule has 0 bridgehead atoms. The van der Waals surface area contributed by atoms with Crippen LogP contribution in [-0.2, 0) is 0 Å². The van der Waals surface area contributed by atoms with Crippen LogP contribution in [0.2, 0.25) is 0 Å². The fourth-order valence-corrected chi connectivity index (χ4v) is 3.01. The molecule has 0 atom stereocenters. The number of thiophene rings is 1. The third-order valence-corrected chi connectivity index (χ3v) is 4.21. The Morgan fingerprint density at radius 2 is 2.24 bits per heavy atom. The zero-order chi connectivity index (χ0) is 15.2. The van der Waals surface area contributed by atoms with Crippen LogP contribution in [0.15, 0.2) is 40.2 Å². The highest BCUT2D eigenvalue weighted by Gasteiger charge is 2.10.